The molecule has 0 aliphatic rings. The number of carbonyl (C=O) groups is 1. The molecule has 1 aromatic heterocycles. The van der Waals surface area contributed by atoms with Crippen molar-refractivity contribution in [1.82, 2.24) is 5.32 Å². The van der Waals surface area contributed by atoms with Gasteiger partial charge in [0, 0.05) is 5.69 Å². The van der Waals surface area contributed by atoms with Crippen LogP contribution in [0.3, 0.4) is 0 Å². The number of halogens is 1. The molecule has 0 atom stereocenters. The maximum absolute atomic E-state index is 13.0. The van der Waals surface area contributed by atoms with E-state index in [2.05, 4.69) is 5.32 Å². The number of anilines is 1. The predicted molar refractivity (Wildman–Crippen MR) is 65.4 cm³/mol. The highest BCUT2D eigenvalue weighted by atomic mass is 19.1. The van der Waals surface area contributed by atoms with Gasteiger partial charge < -0.3 is 15.5 Å². The Hall–Kier alpha value is -2.30. The zero-order chi connectivity index (χ0) is 13.1. The highest BCUT2D eigenvalue weighted by Crippen LogP contribution is 2.13. The smallest absolute Gasteiger partial charge is 0.253 e. The van der Waals surface area contributed by atoms with E-state index in [0.717, 1.165) is 11.8 Å². The lowest BCUT2D eigenvalue weighted by molar-refractivity contribution is 0.0948. The number of hydrogen-bond donors (Lipinski definition) is 2. The monoisotopic (exact) mass is 248 g/mol. The van der Waals surface area contributed by atoms with E-state index in [1.807, 2.05) is 6.92 Å². The number of nitrogens with two attached hydrogens (primary N) is 1. The molecule has 5 heteroatoms. The topological polar surface area (TPSA) is 68.3 Å². The van der Waals surface area contributed by atoms with Crippen molar-refractivity contribution in [3.63, 3.8) is 0 Å². The Morgan fingerprint density at radius 1 is 1.39 bits per heavy atom. The molecule has 0 saturated heterocycles. The van der Waals surface area contributed by atoms with Crippen molar-refractivity contribution in [1.29, 1.82) is 0 Å². The normalized spacial score (nSPS) is 10.3. The SMILES string of the molecule is Cc1ccc(CNC(=O)c2cc(F)ccc2N)o1. The van der Waals surface area contributed by atoms with Gasteiger partial charge >= 0.3 is 0 Å². The zero-order valence-electron chi connectivity index (χ0n) is 9.87. The van der Waals surface area contributed by atoms with E-state index in [4.69, 9.17) is 10.2 Å². The number of rotatable bonds is 3. The third kappa shape index (κ3) is 2.68. The Morgan fingerprint density at radius 3 is 2.83 bits per heavy atom. The molecule has 2 rings (SSSR count). The van der Waals surface area contributed by atoms with E-state index in [1.54, 1.807) is 12.1 Å². The quantitative estimate of drug-likeness (QED) is 0.818. The number of benzene rings is 1. The van der Waals surface area contributed by atoms with Gasteiger partial charge in [-0.05, 0) is 37.3 Å². The maximum atomic E-state index is 13.0. The minimum Gasteiger partial charge on any atom is -0.465 e. The van der Waals surface area contributed by atoms with Gasteiger partial charge in [-0.2, -0.15) is 0 Å². The summed E-state index contributed by atoms with van der Waals surface area (Å²) in [5, 5.41) is 2.62. The van der Waals surface area contributed by atoms with Crippen molar-refractivity contribution >= 4 is 11.6 Å². The molecule has 1 heterocycles. The van der Waals surface area contributed by atoms with Crippen molar-refractivity contribution in [2.45, 2.75) is 13.5 Å². The first-order valence-corrected chi connectivity index (χ1v) is 5.45. The Labute approximate surface area is 104 Å². The molecule has 1 aromatic carbocycles. The van der Waals surface area contributed by atoms with Crippen molar-refractivity contribution < 1.29 is 13.6 Å². The molecule has 0 unspecified atom stereocenters. The lowest BCUT2D eigenvalue weighted by Crippen LogP contribution is -2.23. The number of nitrogens with one attached hydrogen (secondary N) is 1. The number of carbonyl (C=O) groups excluding carboxylic acids is 1. The molecule has 3 N–H and O–H groups in total. The number of nitrogen functional groups attached to an aromatic ring is 1. The Bertz CT molecular complexity index is 578. The highest BCUT2D eigenvalue weighted by Gasteiger charge is 2.11. The van der Waals surface area contributed by atoms with Gasteiger partial charge in [0.15, 0.2) is 0 Å². The van der Waals surface area contributed by atoms with E-state index >= 15 is 0 Å². The van der Waals surface area contributed by atoms with Crippen LogP contribution in [0.4, 0.5) is 10.1 Å². The molecule has 0 saturated carbocycles. The van der Waals surface area contributed by atoms with Gasteiger partial charge in [0.1, 0.15) is 17.3 Å². The summed E-state index contributed by atoms with van der Waals surface area (Å²) in [6.45, 7) is 2.05. The summed E-state index contributed by atoms with van der Waals surface area (Å²) in [6, 6.07) is 7.25. The molecule has 0 spiro atoms. The maximum Gasteiger partial charge on any atom is 0.253 e. The summed E-state index contributed by atoms with van der Waals surface area (Å²) in [4.78, 5) is 11.8. The molecule has 0 bridgehead atoms. The molecule has 0 fully saturated rings. The van der Waals surface area contributed by atoms with Gasteiger partial charge in [-0.25, -0.2) is 4.39 Å². The summed E-state index contributed by atoms with van der Waals surface area (Å²) in [7, 11) is 0. The number of furan rings is 1. The van der Waals surface area contributed by atoms with Crippen LogP contribution in [-0.4, -0.2) is 5.91 Å². The van der Waals surface area contributed by atoms with Crippen LogP contribution in [0.1, 0.15) is 21.9 Å². The van der Waals surface area contributed by atoms with Crippen molar-refractivity contribution in [3.05, 3.63) is 53.2 Å². The third-order valence-corrected chi connectivity index (χ3v) is 2.48. The van der Waals surface area contributed by atoms with Gasteiger partial charge in [0.2, 0.25) is 0 Å². The minimum absolute atomic E-state index is 0.123. The van der Waals surface area contributed by atoms with Gasteiger partial charge in [-0.3, -0.25) is 4.79 Å². The minimum atomic E-state index is -0.497. The van der Waals surface area contributed by atoms with Crippen LogP contribution in [0, 0.1) is 12.7 Å². The van der Waals surface area contributed by atoms with Gasteiger partial charge in [0.05, 0.1) is 12.1 Å². The Balaban J connectivity index is 2.05. The van der Waals surface area contributed by atoms with Gasteiger partial charge in [-0.15, -0.1) is 0 Å². The van der Waals surface area contributed by atoms with Crippen LogP contribution in [-0.2, 0) is 6.54 Å². The molecule has 4 nitrogen and oxygen atoms in total. The van der Waals surface area contributed by atoms with Crippen LogP contribution in [0.25, 0.3) is 0 Å². The first kappa shape index (κ1) is 12.2. The van der Waals surface area contributed by atoms with Crippen LogP contribution in [0.5, 0.6) is 0 Å². The van der Waals surface area contributed by atoms with E-state index in [1.165, 1.54) is 12.1 Å². The Kier molecular flexibility index (Phi) is 3.32. The second-order valence-corrected chi connectivity index (χ2v) is 3.93. The molecule has 0 aliphatic heterocycles. The summed E-state index contributed by atoms with van der Waals surface area (Å²) in [6.07, 6.45) is 0. The zero-order valence-corrected chi connectivity index (χ0v) is 9.87. The molecule has 18 heavy (non-hydrogen) atoms. The van der Waals surface area contributed by atoms with Crippen molar-refractivity contribution in [2.75, 3.05) is 5.73 Å². The lowest BCUT2D eigenvalue weighted by atomic mass is 10.1. The Morgan fingerprint density at radius 2 is 2.17 bits per heavy atom. The van der Waals surface area contributed by atoms with Crippen molar-refractivity contribution in [3.8, 4) is 0 Å². The molecular weight excluding hydrogens is 235 g/mol. The molecule has 1 amide bonds. The van der Waals surface area contributed by atoms with Crippen LogP contribution < -0.4 is 11.1 Å². The molecular formula is C13H13FN2O2. The summed E-state index contributed by atoms with van der Waals surface area (Å²) < 4.78 is 18.3. The van der Waals surface area contributed by atoms with Crippen LogP contribution in [0.15, 0.2) is 34.7 Å². The molecule has 0 aliphatic carbocycles. The second kappa shape index (κ2) is 4.91. The fourth-order valence-electron chi connectivity index (χ4n) is 1.57. The second-order valence-electron chi connectivity index (χ2n) is 3.93. The van der Waals surface area contributed by atoms with Crippen molar-refractivity contribution in [2.24, 2.45) is 0 Å². The average molecular weight is 248 g/mol. The molecule has 94 valence electrons. The number of amides is 1. The largest absolute Gasteiger partial charge is 0.465 e. The number of aryl methyl sites for hydroxylation is 1. The summed E-state index contributed by atoms with van der Waals surface area (Å²) >= 11 is 0. The fourth-order valence-corrected chi connectivity index (χ4v) is 1.57. The summed E-state index contributed by atoms with van der Waals surface area (Å²) in [5.74, 6) is 0.476. The van der Waals surface area contributed by atoms with E-state index in [0.29, 0.717) is 5.76 Å². The third-order valence-electron chi connectivity index (χ3n) is 2.48. The van der Waals surface area contributed by atoms with E-state index < -0.39 is 11.7 Å². The van der Waals surface area contributed by atoms with Crippen LogP contribution >= 0.6 is 0 Å². The van der Waals surface area contributed by atoms with Crippen LogP contribution in [0.2, 0.25) is 0 Å². The molecule has 0 radical (unpaired) electrons. The lowest BCUT2D eigenvalue weighted by Gasteiger charge is -2.06. The van der Waals surface area contributed by atoms with E-state index in [-0.39, 0.29) is 17.8 Å². The average Bonchev–Trinajstić information content (AvgIpc) is 2.75. The first-order valence-electron chi connectivity index (χ1n) is 5.45. The molecule has 2 aromatic rings. The van der Waals surface area contributed by atoms with Gasteiger partial charge in [0.25, 0.3) is 5.91 Å². The predicted octanol–water partition coefficient (Wildman–Crippen LogP) is 2.24. The fraction of sp³-hybridized carbons (Fsp3) is 0.154. The highest BCUT2D eigenvalue weighted by molar-refractivity contribution is 5.99. The van der Waals surface area contributed by atoms with Gasteiger partial charge in [-0.1, -0.05) is 0 Å². The first-order chi connectivity index (χ1) is 8.56. The number of hydrogen-bond acceptors (Lipinski definition) is 3. The van der Waals surface area contributed by atoms with E-state index in [9.17, 15) is 9.18 Å². The summed E-state index contributed by atoms with van der Waals surface area (Å²) in [5.41, 5.74) is 5.98. The standard InChI is InChI=1S/C13H13FN2O2/c1-8-2-4-10(18-8)7-16-13(17)11-6-9(14)3-5-12(11)15/h2-6H,7,15H2,1H3,(H,16,17).